The predicted molar refractivity (Wildman–Crippen MR) is 133 cm³/mol. The maximum atomic E-state index is 13.2. The maximum absolute atomic E-state index is 13.2. The highest BCUT2D eigenvalue weighted by atomic mass is 32.2. The number of nitrogens with two attached hydrogens (primary N) is 2. The van der Waals surface area contributed by atoms with Crippen LogP contribution in [0.25, 0.3) is 10.9 Å². The van der Waals surface area contributed by atoms with Crippen LogP contribution >= 0.6 is 0 Å². The van der Waals surface area contributed by atoms with Crippen molar-refractivity contribution < 1.29 is 13.8 Å². The van der Waals surface area contributed by atoms with Gasteiger partial charge in [0.2, 0.25) is 0 Å². The fraction of sp³-hybridized carbons (Fsp3) is 0.125. The third-order valence-corrected chi connectivity index (χ3v) is 6.56. The Hall–Kier alpha value is -4.02. The van der Waals surface area contributed by atoms with Crippen molar-refractivity contribution in [2.24, 2.45) is 10.9 Å². The molecule has 10 heteroatoms. The second kappa shape index (κ2) is 8.73. The van der Waals surface area contributed by atoms with Gasteiger partial charge in [0, 0.05) is 10.3 Å². The van der Waals surface area contributed by atoms with E-state index in [-0.39, 0.29) is 5.69 Å². The summed E-state index contributed by atoms with van der Waals surface area (Å²) in [5, 5.41) is 13.7. The van der Waals surface area contributed by atoms with Crippen molar-refractivity contribution in [3.05, 3.63) is 82.8 Å². The smallest absolute Gasteiger partial charge is 0.267 e. The van der Waals surface area contributed by atoms with Crippen molar-refractivity contribution in [3.63, 3.8) is 0 Å². The first kappa shape index (κ1) is 23.1. The van der Waals surface area contributed by atoms with E-state index in [9.17, 15) is 13.8 Å². The Kier molecular flexibility index (Phi) is 5.94. The lowest BCUT2D eigenvalue weighted by atomic mass is 10.1. The van der Waals surface area contributed by atoms with Gasteiger partial charge in [0.05, 0.1) is 44.4 Å². The van der Waals surface area contributed by atoms with Crippen LogP contribution < -0.4 is 16.2 Å². The number of primary amides is 1. The zero-order valence-corrected chi connectivity index (χ0v) is 19.6. The van der Waals surface area contributed by atoms with Gasteiger partial charge in [-0.1, -0.05) is 30.3 Å². The summed E-state index contributed by atoms with van der Waals surface area (Å²) in [6.45, 7) is 4.09. The SMILES string of the molecule is C=S(N)(=O)c1ccc(Cn2nc(C)c(NC(=O)c3cc(C(N)=O)nc4ccccc34)c2C)cc1. The van der Waals surface area contributed by atoms with Gasteiger partial charge in [-0.2, -0.15) is 5.10 Å². The molecule has 0 radical (unpaired) electrons. The molecule has 0 saturated heterocycles. The van der Waals surface area contributed by atoms with Crippen LogP contribution in [0.3, 0.4) is 0 Å². The molecule has 9 nitrogen and oxygen atoms in total. The van der Waals surface area contributed by atoms with Gasteiger partial charge < -0.3 is 11.1 Å². The van der Waals surface area contributed by atoms with Crippen LogP contribution in [0, 0.1) is 13.8 Å². The molecule has 2 heterocycles. The first-order chi connectivity index (χ1) is 16.0. The van der Waals surface area contributed by atoms with E-state index in [1.807, 2.05) is 19.1 Å². The number of fused-ring (bicyclic) bond motifs is 1. The topological polar surface area (TPSA) is 146 Å². The molecule has 174 valence electrons. The summed E-state index contributed by atoms with van der Waals surface area (Å²) in [5.74, 6) is 2.38. The van der Waals surface area contributed by atoms with Crippen molar-refractivity contribution in [3.8, 4) is 0 Å². The molecule has 0 aliphatic carbocycles. The van der Waals surface area contributed by atoms with Gasteiger partial charge >= 0.3 is 0 Å². The van der Waals surface area contributed by atoms with Crippen LogP contribution in [-0.2, 0) is 16.3 Å². The van der Waals surface area contributed by atoms with Gasteiger partial charge in [0.25, 0.3) is 11.8 Å². The molecule has 4 rings (SSSR count). The van der Waals surface area contributed by atoms with E-state index in [2.05, 4.69) is 21.3 Å². The number of nitrogens with zero attached hydrogens (tertiary/aromatic N) is 3. The number of hydrogen-bond donors (Lipinski definition) is 3. The molecule has 5 N–H and O–H groups in total. The van der Waals surface area contributed by atoms with Crippen LogP contribution in [0.5, 0.6) is 0 Å². The number of aryl methyl sites for hydroxylation is 1. The highest BCUT2D eigenvalue weighted by Gasteiger charge is 2.19. The van der Waals surface area contributed by atoms with Crippen LogP contribution in [0.15, 0.2) is 59.5 Å². The summed E-state index contributed by atoms with van der Waals surface area (Å²) in [6, 6.07) is 15.4. The molecule has 0 saturated carbocycles. The number of benzene rings is 2. The minimum atomic E-state index is -2.77. The minimum absolute atomic E-state index is 0.0140. The Morgan fingerprint density at radius 3 is 2.44 bits per heavy atom. The van der Waals surface area contributed by atoms with Gasteiger partial charge in [-0.25, -0.2) is 9.19 Å². The Bertz CT molecular complexity index is 1540. The van der Waals surface area contributed by atoms with E-state index in [0.717, 1.165) is 11.3 Å². The Labute approximate surface area is 196 Å². The van der Waals surface area contributed by atoms with E-state index in [1.165, 1.54) is 6.07 Å². The van der Waals surface area contributed by atoms with Gasteiger partial charge in [-0.05, 0) is 49.5 Å². The largest absolute Gasteiger partial charge is 0.364 e. The molecular weight excluding hydrogens is 452 g/mol. The number of hydrogen-bond acceptors (Lipinski definition) is 5. The number of pyridine rings is 1. The Morgan fingerprint density at radius 2 is 1.79 bits per heavy atom. The fourth-order valence-corrected chi connectivity index (χ4v) is 4.30. The van der Waals surface area contributed by atoms with Gasteiger partial charge in [-0.3, -0.25) is 19.4 Å². The van der Waals surface area contributed by atoms with E-state index >= 15 is 0 Å². The first-order valence-electron chi connectivity index (χ1n) is 10.3. The molecule has 2 amide bonds. The maximum Gasteiger partial charge on any atom is 0.267 e. The number of para-hydroxylation sites is 1. The quantitative estimate of drug-likeness (QED) is 0.366. The number of amides is 2. The summed E-state index contributed by atoms with van der Waals surface area (Å²) in [4.78, 5) is 29.7. The summed E-state index contributed by atoms with van der Waals surface area (Å²) in [5.41, 5.74) is 9.10. The minimum Gasteiger partial charge on any atom is -0.364 e. The Morgan fingerprint density at radius 1 is 1.12 bits per heavy atom. The number of rotatable bonds is 6. The number of anilines is 1. The van der Waals surface area contributed by atoms with Gasteiger partial charge in [-0.15, -0.1) is 0 Å². The van der Waals surface area contributed by atoms with Crippen molar-refractivity contribution >= 4 is 44.0 Å². The molecule has 4 aromatic rings. The van der Waals surface area contributed by atoms with E-state index in [0.29, 0.717) is 39.3 Å². The van der Waals surface area contributed by atoms with Crippen LogP contribution in [0.1, 0.15) is 37.8 Å². The van der Waals surface area contributed by atoms with Gasteiger partial charge in [0.15, 0.2) is 0 Å². The molecule has 0 aliphatic heterocycles. The van der Waals surface area contributed by atoms with Crippen molar-refractivity contribution in [2.75, 3.05) is 5.32 Å². The standard InChI is InChI=1S/C24H24N6O3S/c1-14-22(15(2)30(29-14)13-16-8-10-17(11-9-16)34(3,26)33)28-24(32)19-12-21(23(25)31)27-20-7-5-4-6-18(19)20/h4-12H,3,13H2,1-2H3,(H2,25,31)(H2,26,33)(H,28,32). The second-order valence-electron chi connectivity index (χ2n) is 7.96. The van der Waals surface area contributed by atoms with Crippen molar-refractivity contribution in [1.29, 1.82) is 0 Å². The lowest BCUT2D eigenvalue weighted by Gasteiger charge is -2.10. The molecule has 2 aromatic heterocycles. The molecule has 0 bridgehead atoms. The van der Waals surface area contributed by atoms with E-state index in [4.69, 9.17) is 10.9 Å². The van der Waals surface area contributed by atoms with Gasteiger partial charge in [0.1, 0.15) is 5.69 Å². The number of carbonyl (C=O) groups excluding carboxylic acids is 2. The van der Waals surface area contributed by atoms with Crippen molar-refractivity contribution in [1.82, 2.24) is 14.8 Å². The first-order valence-corrected chi connectivity index (χ1v) is 12.1. The van der Waals surface area contributed by atoms with Crippen LogP contribution in [0.2, 0.25) is 0 Å². The predicted octanol–water partition coefficient (Wildman–Crippen LogP) is 2.40. The van der Waals surface area contributed by atoms with Crippen LogP contribution in [0.4, 0.5) is 5.69 Å². The van der Waals surface area contributed by atoms with Crippen molar-refractivity contribution in [2.45, 2.75) is 25.3 Å². The number of aromatic nitrogens is 3. The molecule has 1 atom stereocenters. The van der Waals surface area contributed by atoms with E-state index < -0.39 is 21.5 Å². The van der Waals surface area contributed by atoms with E-state index in [1.54, 1.807) is 48.0 Å². The summed E-state index contributed by atoms with van der Waals surface area (Å²) >= 11 is 0. The summed E-state index contributed by atoms with van der Waals surface area (Å²) < 4.78 is 13.7. The molecule has 0 fully saturated rings. The molecule has 2 aromatic carbocycles. The zero-order valence-electron chi connectivity index (χ0n) is 18.7. The summed E-state index contributed by atoms with van der Waals surface area (Å²) in [7, 11) is -2.77. The molecular formula is C24H24N6O3S. The lowest BCUT2D eigenvalue weighted by molar-refractivity contribution is 0.0996. The lowest BCUT2D eigenvalue weighted by Crippen LogP contribution is -2.18. The molecule has 34 heavy (non-hydrogen) atoms. The normalized spacial score (nSPS) is 12.9. The third kappa shape index (κ3) is 4.54. The Balaban J connectivity index is 1.64. The highest BCUT2D eigenvalue weighted by molar-refractivity contribution is 7.98. The molecule has 1 unspecified atom stereocenters. The monoisotopic (exact) mass is 476 g/mol. The zero-order chi connectivity index (χ0) is 24.6. The third-order valence-electron chi connectivity index (χ3n) is 5.49. The number of nitrogens with one attached hydrogen (secondary N) is 1. The average Bonchev–Trinajstić information content (AvgIpc) is 3.05. The second-order valence-corrected chi connectivity index (χ2v) is 9.89. The number of carbonyl (C=O) groups is 2. The summed E-state index contributed by atoms with van der Waals surface area (Å²) in [6.07, 6.45) is 0. The average molecular weight is 477 g/mol. The highest BCUT2D eigenvalue weighted by Crippen LogP contribution is 2.24. The fourth-order valence-electron chi connectivity index (χ4n) is 3.70. The molecule has 0 aliphatic rings. The molecule has 0 spiro atoms. The van der Waals surface area contributed by atoms with Crippen LogP contribution in [-0.4, -0.2) is 36.7 Å².